The molecule has 1 heterocycles. The van der Waals surface area contributed by atoms with Crippen LogP contribution in [0.15, 0.2) is 47.2 Å². The van der Waals surface area contributed by atoms with Crippen molar-refractivity contribution in [2.75, 3.05) is 0 Å². The molecular formula is C15H17NOS. The predicted molar refractivity (Wildman–Crippen MR) is 75.6 cm³/mol. The summed E-state index contributed by atoms with van der Waals surface area (Å²) in [5, 5.41) is 7.09. The highest BCUT2D eigenvalue weighted by Crippen LogP contribution is 2.19. The minimum Gasteiger partial charge on any atom is -0.351 e. The van der Waals surface area contributed by atoms with Crippen LogP contribution < -0.4 is 5.32 Å². The van der Waals surface area contributed by atoms with E-state index in [0.29, 0.717) is 6.54 Å². The second-order valence-corrected chi connectivity index (χ2v) is 5.00. The van der Waals surface area contributed by atoms with E-state index in [2.05, 4.69) is 10.7 Å². The number of carbonyl (C=O) groups excluding carboxylic acids is 1. The zero-order chi connectivity index (χ0) is 12.8. The lowest BCUT2D eigenvalue weighted by Gasteiger charge is -2.15. The summed E-state index contributed by atoms with van der Waals surface area (Å²) in [5.41, 5.74) is 2.25. The van der Waals surface area contributed by atoms with E-state index in [9.17, 15) is 4.79 Å². The molecule has 1 N–H and O–H groups in total. The number of thiophene rings is 1. The molecule has 1 aromatic heterocycles. The van der Waals surface area contributed by atoms with E-state index in [1.54, 1.807) is 11.3 Å². The Hall–Kier alpha value is -1.61. The van der Waals surface area contributed by atoms with Crippen LogP contribution >= 0.6 is 11.3 Å². The van der Waals surface area contributed by atoms with Gasteiger partial charge in [0.15, 0.2) is 0 Å². The highest BCUT2D eigenvalue weighted by atomic mass is 32.1. The van der Waals surface area contributed by atoms with Gasteiger partial charge in [-0.05, 0) is 34.4 Å². The van der Waals surface area contributed by atoms with Crippen LogP contribution in [0.25, 0.3) is 0 Å². The Balaban J connectivity index is 1.98. The molecule has 1 aromatic carbocycles. The first-order chi connectivity index (χ1) is 8.81. The summed E-state index contributed by atoms with van der Waals surface area (Å²) >= 11 is 1.65. The van der Waals surface area contributed by atoms with Crippen molar-refractivity contribution in [2.24, 2.45) is 0 Å². The number of nitrogens with one attached hydrogen (secondary N) is 1. The van der Waals surface area contributed by atoms with Gasteiger partial charge in [0.05, 0.1) is 5.92 Å². The summed E-state index contributed by atoms with van der Waals surface area (Å²) in [5.74, 6) is 0.0553. The topological polar surface area (TPSA) is 29.1 Å². The highest BCUT2D eigenvalue weighted by Gasteiger charge is 2.17. The van der Waals surface area contributed by atoms with Crippen molar-refractivity contribution in [1.29, 1.82) is 0 Å². The summed E-state index contributed by atoms with van der Waals surface area (Å²) < 4.78 is 0. The third-order valence-electron chi connectivity index (χ3n) is 2.97. The Morgan fingerprint density at radius 2 is 2.06 bits per heavy atom. The number of benzene rings is 1. The Labute approximate surface area is 112 Å². The fraction of sp³-hybridized carbons (Fsp3) is 0.267. The average Bonchev–Trinajstić information content (AvgIpc) is 2.92. The van der Waals surface area contributed by atoms with E-state index in [4.69, 9.17) is 0 Å². The first kappa shape index (κ1) is 12.8. The van der Waals surface area contributed by atoms with Gasteiger partial charge in [-0.25, -0.2) is 0 Å². The van der Waals surface area contributed by atoms with Crippen molar-refractivity contribution in [3.05, 3.63) is 58.3 Å². The molecule has 0 unspecified atom stereocenters. The molecule has 0 fully saturated rings. The van der Waals surface area contributed by atoms with Crippen molar-refractivity contribution >= 4 is 17.2 Å². The van der Waals surface area contributed by atoms with E-state index in [0.717, 1.165) is 17.5 Å². The van der Waals surface area contributed by atoms with Gasteiger partial charge in [-0.1, -0.05) is 37.3 Å². The summed E-state index contributed by atoms with van der Waals surface area (Å²) in [4.78, 5) is 12.2. The fourth-order valence-electron chi connectivity index (χ4n) is 1.96. The van der Waals surface area contributed by atoms with Gasteiger partial charge in [-0.3, -0.25) is 4.79 Å². The minimum absolute atomic E-state index is 0.0511. The quantitative estimate of drug-likeness (QED) is 0.874. The summed E-state index contributed by atoms with van der Waals surface area (Å²) in [6.45, 7) is 2.66. The molecule has 0 aliphatic heterocycles. The molecule has 1 atom stereocenters. The zero-order valence-electron chi connectivity index (χ0n) is 10.4. The van der Waals surface area contributed by atoms with E-state index >= 15 is 0 Å². The van der Waals surface area contributed by atoms with E-state index < -0.39 is 0 Å². The fourth-order valence-corrected chi connectivity index (χ4v) is 2.63. The molecular weight excluding hydrogens is 242 g/mol. The van der Waals surface area contributed by atoms with Crippen LogP contribution in [0.3, 0.4) is 0 Å². The second-order valence-electron chi connectivity index (χ2n) is 4.22. The molecule has 0 spiro atoms. The maximum Gasteiger partial charge on any atom is 0.227 e. The van der Waals surface area contributed by atoms with Crippen LogP contribution in [0.5, 0.6) is 0 Å². The van der Waals surface area contributed by atoms with E-state index in [1.165, 1.54) is 0 Å². The molecule has 2 nitrogen and oxygen atoms in total. The number of amides is 1. The van der Waals surface area contributed by atoms with Crippen molar-refractivity contribution in [3.8, 4) is 0 Å². The third-order valence-corrected chi connectivity index (χ3v) is 3.71. The summed E-state index contributed by atoms with van der Waals surface area (Å²) in [6, 6.07) is 12.0. The predicted octanol–water partition coefficient (Wildman–Crippen LogP) is 3.56. The number of rotatable bonds is 5. The number of carbonyl (C=O) groups is 1. The van der Waals surface area contributed by atoms with E-state index in [1.807, 2.05) is 48.7 Å². The normalized spacial score (nSPS) is 12.1. The monoisotopic (exact) mass is 259 g/mol. The zero-order valence-corrected chi connectivity index (χ0v) is 11.2. The van der Waals surface area contributed by atoms with Crippen LogP contribution in [0.4, 0.5) is 0 Å². The van der Waals surface area contributed by atoms with Gasteiger partial charge in [0, 0.05) is 6.54 Å². The van der Waals surface area contributed by atoms with Gasteiger partial charge < -0.3 is 5.32 Å². The molecule has 0 saturated heterocycles. The summed E-state index contributed by atoms with van der Waals surface area (Å²) in [6.07, 6.45) is 0.819. The SMILES string of the molecule is CC[C@H](C(=O)NCc1ccsc1)c1ccccc1. The number of hydrogen-bond donors (Lipinski definition) is 1. The smallest absolute Gasteiger partial charge is 0.227 e. The maximum absolute atomic E-state index is 12.2. The molecule has 0 bridgehead atoms. The van der Waals surface area contributed by atoms with Gasteiger partial charge in [0.2, 0.25) is 5.91 Å². The first-order valence-electron chi connectivity index (χ1n) is 6.15. The standard InChI is InChI=1S/C15H17NOS/c1-2-14(13-6-4-3-5-7-13)15(17)16-10-12-8-9-18-11-12/h3-9,11,14H,2,10H2,1H3,(H,16,17)/t14-/m0/s1. The number of hydrogen-bond acceptors (Lipinski definition) is 2. The van der Waals surface area contributed by atoms with Gasteiger partial charge in [0.25, 0.3) is 0 Å². The van der Waals surface area contributed by atoms with Gasteiger partial charge in [0.1, 0.15) is 0 Å². The second kappa shape index (κ2) is 6.36. The lowest BCUT2D eigenvalue weighted by atomic mass is 9.95. The molecule has 0 aliphatic rings. The van der Waals surface area contributed by atoms with Crippen molar-refractivity contribution in [1.82, 2.24) is 5.32 Å². The van der Waals surface area contributed by atoms with Gasteiger partial charge in [-0.15, -0.1) is 0 Å². The summed E-state index contributed by atoms with van der Waals surface area (Å²) in [7, 11) is 0. The lowest BCUT2D eigenvalue weighted by Crippen LogP contribution is -2.28. The average molecular weight is 259 g/mol. The Morgan fingerprint density at radius 1 is 1.28 bits per heavy atom. The molecule has 1 amide bonds. The van der Waals surface area contributed by atoms with Crippen LogP contribution in [0.2, 0.25) is 0 Å². The molecule has 3 heteroatoms. The molecule has 0 saturated carbocycles. The molecule has 18 heavy (non-hydrogen) atoms. The Kier molecular flexibility index (Phi) is 4.53. The molecule has 94 valence electrons. The van der Waals surface area contributed by atoms with Crippen molar-refractivity contribution in [2.45, 2.75) is 25.8 Å². The maximum atomic E-state index is 12.2. The Morgan fingerprint density at radius 3 is 2.67 bits per heavy atom. The molecule has 2 rings (SSSR count). The third kappa shape index (κ3) is 3.20. The lowest BCUT2D eigenvalue weighted by molar-refractivity contribution is -0.122. The van der Waals surface area contributed by atoms with Gasteiger partial charge >= 0.3 is 0 Å². The first-order valence-corrected chi connectivity index (χ1v) is 7.09. The molecule has 0 radical (unpaired) electrons. The molecule has 2 aromatic rings. The largest absolute Gasteiger partial charge is 0.351 e. The highest BCUT2D eigenvalue weighted by molar-refractivity contribution is 7.07. The Bertz CT molecular complexity index is 478. The van der Waals surface area contributed by atoms with Crippen molar-refractivity contribution < 1.29 is 4.79 Å². The van der Waals surface area contributed by atoms with Crippen molar-refractivity contribution in [3.63, 3.8) is 0 Å². The van der Waals surface area contributed by atoms with E-state index in [-0.39, 0.29) is 11.8 Å². The molecule has 0 aliphatic carbocycles. The van der Waals surface area contributed by atoms with Crippen LogP contribution in [-0.4, -0.2) is 5.91 Å². The van der Waals surface area contributed by atoms with Gasteiger partial charge in [-0.2, -0.15) is 11.3 Å². The minimum atomic E-state index is -0.0511. The van der Waals surface area contributed by atoms with Crippen LogP contribution in [-0.2, 0) is 11.3 Å². The van der Waals surface area contributed by atoms with Crippen LogP contribution in [0, 0.1) is 0 Å². The van der Waals surface area contributed by atoms with Crippen LogP contribution in [0.1, 0.15) is 30.4 Å².